The number of fused-ring (bicyclic) bond motifs is 1. The maximum Gasteiger partial charge on any atom is 0.340 e. The first-order valence-electron chi connectivity index (χ1n) is 9.40. The van der Waals surface area contributed by atoms with Gasteiger partial charge in [-0.05, 0) is 63.1 Å². The highest BCUT2D eigenvalue weighted by Gasteiger charge is 2.24. The highest BCUT2D eigenvalue weighted by molar-refractivity contribution is 7.14. The SMILES string of the molecule is CCOC(=O)c1c(C)[nH]c(C(=O)NNC(=O)c2cc3c(s2)CCC(C)C3)c1C. The number of amides is 2. The number of aromatic amines is 1. The number of rotatable bonds is 4. The van der Waals surface area contributed by atoms with E-state index in [2.05, 4.69) is 22.8 Å². The second kappa shape index (κ2) is 8.18. The number of hydrogen-bond donors (Lipinski definition) is 3. The summed E-state index contributed by atoms with van der Waals surface area (Å²) >= 11 is 1.48. The smallest absolute Gasteiger partial charge is 0.340 e. The second-order valence-electron chi connectivity index (χ2n) is 7.16. The van der Waals surface area contributed by atoms with E-state index in [1.807, 2.05) is 6.07 Å². The molecule has 0 saturated carbocycles. The molecule has 8 heteroatoms. The highest BCUT2D eigenvalue weighted by Crippen LogP contribution is 2.32. The van der Waals surface area contributed by atoms with Crippen molar-refractivity contribution in [2.24, 2.45) is 5.92 Å². The molecule has 2 amide bonds. The molecular formula is C20H25N3O4S. The summed E-state index contributed by atoms with van der Waals surface area (Å²) < 4.78 is 5.03. The zero-order valence-electron chi connectivity index (χ0n) is 16.5. The van der Waals surface area contributed by atoms with Crippen LogP contribution in [0, 0.1) is 19.8 Å². The molecule has 0 aliphatic heterocycles. The zero-order chi connectivity index (χ0) is 20.4. The normalized spacial score (nSPS) is 15.6. The predicted octanol–water partition coefficient (Wildman–Crippen LogP) is 3.07. The Balaban J connectivity index is 1.67. The first-order chi connectivity index (χ1) is 13.3. The number of carbonyl (C=O) groups is 3. The Labute approximate surface area is 167 Å². The third-order valence-corrected chi connectivity index (χ3v) is 6.22. The molecule has 0 saturated heterocycles. The van der Waals surface area contributed by atoms with E-state index in [0.29, 0.717) is 27.6 Å². The van der Waals surface area contributed by atoms with Gasteiger partial charge in [-0.1, -0.05) is 6.92 Å². The van der Waals surface area contributed by atoms with Crippen molar-refractivity contribution in [2.45, 2.75) is 47.0 Å². The number of carbonyl (C=O) groups excluding carboxylic acids is 3. The molecule has 0 radical (unpaired) electrons. The van der Waals surface area contributed by atoms with Gasteiger partial charge in [0, 0.05) is 10.6 Å². The largest absolute Gasteiger partial charge is 0.462 e. The lowest BCUT2D eigenvalue weighted by atomic mass is 9.90. The molecule has 7 nitrogen and oxygen atoms in total. The number of thiophene rings is 1. The van der Waals surface area contributed by atoms with Crippen LogP contribution in [0.1, 0.15) is 72.5 Å². The molecule has 28 heavy (non-hydrogen) atoms. The molecule has 1 unspecified atom stereocenters. The summed E-state index contributed by atoms with van der Waals surface area (Å²) in [5.41, 5.74) is 7.72. The van der Waals surface area contributed by atoms with Crippen LogP contribution in [0.5, 0.6) is 0 Å². The van der Waals surface area contributed by atoms with Gasteiger partial charge in [0.2, 0.25) is 0 Å². The van der Waals surface area contributed by atoms with Crippen molar-refractivity contribution in [3.05, 3.63) is 43.9 Å². The van der Waals surface area contributed by atoms with Gasteiger partial charge in [-0.3, -0.25) is 20.4 Å². The first kappa shape index (κ1) is 20.1. The lowest BCUT2D eigenvalue weighted by molar-refractivity contribution is 0.0524. The number of esters is 1. The van der Waals surface area contributed by atoms with Crippen molar-refractivity contribution in [1.82, 2.24) is 15.8 Å². The number of ether oxygens (including phenoxy) is 1. The van der Waals surface area contributed by atoms with Gasteiger partial charge in [-0.15, -0.1) is 11.3 Å². The van der Waals surface area contributed by atoms with E-state index in [1.54, 1.807) is 20.8 Å². The van der Waals surface area contributed by atoms with Crippen molar-refractivity contribution >= 4 is 29.1 Å². The molecule has 0 bridgehead atoms. The van der Waals surface area contributed by atoms with Crippen LogP contribution in [-0.2, 0) is 17.6 Å². The fourth-order valence-corrected chi connectivity index (χ4v) is 4.65. The van der Waals surface area contributed by atoms with E-state index in [9.17, 15) is 14.4 Å². The van der Waals surface area contributed by atoms with E-state index < -0.39 is 11.9 Å². The summed E-state index contributed by atoms with van der Waals surface area (Å²) in [6, 6.07) is 1.92. The molecule has 0 fully saturated rings. The van der Waals surface area contributed by atoms with Crippen LogP contribution in [0.2, 0.25) is 0 Å². The van der Waals surface area contributed by atoms with Gasteiger partial charge in [-0.25, -0.2) is 4.79 Å². The van der Waals surface area contributed by atoms with Gasteiger partial charge < -0.3 is 9.72 Å². The maximum atomic E-state index is 12.5. The van der Waals surface area contributed by atoms with Crippen LogP contribution in [-0.4, -0.2) is 29.4 Å². The van der Waals surface area contributed by atoms with E-state index in [-0.39, 0.29) is 18.2 Å². The molecule has 1 atom stereocenters. The van der Waals surface area contributed by atoms with Crippen molar-refractivity contribution in [2.75, 3.05) is 6.61 Å². The summed E-state index contributed by atoms with van der Waals surface area (Å²) in [6.07, 6.45) is 3.13. The predicted molar refractivity (Wildman–Crippen MR) is 107 cm³/mol. The van der Waals surface area contributed by atoms with Crippen molar-refractivity contribution in [3.8, 4) is 0 Å². The summed E-state index contributed by atoms with van der Waals surface area (Å²) in [4.78, 5) is 41.7. The van der Waals surface area contributed by atoms with Crippen LogP contribution in [0.15, 0.2) is 6.07 Å². The number of aromatic nitrogens is 1. The molecule has 150 valence electrons. The molecule has 2 heterocycles. The minimum atomic E-state index is -0.514. The van der Waals surface area contributed by atoms with Gasteiger partial charge in [0.1, 0.15) is 5.69 Å². The third-order valence-electron chi connectivity index (χ3n) is 4.99. The Morgan fingerprint density at radius 1 is 1.25 bits per heavy atom. The lowest BCUT2D eigenvalue weighted by Crippen LogP contribution is -2.41. The number of nitrogens with one attached hydrogen (secondary N) is 3. The summed E-state index contributed by atoms with van der Waals surface area (Å²) in [5, 5.41) is 0. The Morgan fingerprint density at radius 3 is 2.68 bits per heavy atom. The van der Waals surface area contributed by atoms with Crippen molar-refractivity contribution < 1.29 is 19.1 Å². The minimum absolute atomic E-state index is 0.222. The molecular weight excluding hydrogens is 378 g/mol. The average molecular weight is 404 g/mol. The number of H-pyrrole nitrogens is 1. The maximum absolute atomic E-state index is 12.5. The van der Waals surface area contributed by atoms with E-state index >= 15 is 0 Å². The quantitative estimate of drug-likeness (QED) is 0.539. The number of aryl methyl sites for hydroxylation is 2. The molecule has 2 aromatic heterocycles. The Bertz CT molecular complexity index is 928. The second-order valence-corrected chi connectivity index (χ2v) is 8.30. The molecule has 0 spiro atoms. The standard InChI is InChI=1S/C20H25N3O4S/c1-5-27-20(26)16-11(3)17(21-12(16)4)19(25)23-22-18(24)15-9-13-8-10(2)6-7-14(13)28-15/h9-10,21H,5-8H2,1-4H3,(H,22,24)(H,23,25). The van der Waals surface area contributed by atoms with Crippen molar-refractivity contribution in [1.29, 1.82) is 0 Å². The fourth-order valence-electron chi connectivity index (χ4n) is 3.54. The van der Waals surface area contributed by atoms with Crippen LogP contribution in [0.3, 0.4) is 0 Å². The summed E-state index contributed by atoms with van der Waals surface area (Å²) in [6.45, 7) is 7.56. The fraction of sp³-hybridized carbons (Fsp3) is 0.450. The van der Waals surface area contributed by atoms with Gasteiger partial charge in [-0.2, -0.15) is 0 Å². The van der Waals surface area contributed by atoms with E-state index in [1.165, 1.54) is 21.8 Å². The van der Waals surface area contributed by atoms with E-state index in [4.69, 9.17) is 4.74 Å². The van der Waals surface area contributed by atoms with Crippen LogP contribution < -0.4 is 10.9 Å². The molecule has 3 rings (SSSR count). The van der Waals surface area contributed by atoms with Gasteiger partial charge in [0.05, 0.1) is 17.0 Å². The topological polar surface area (TPSA) is 100 Å². The molecule has 2 aromatic rings. The molecule has 1 aliphatic rings. The molecule has 1 aliphatic carbocycles. The summed E-state index contributed by atoms with van der Waals surface area (Å²) in [7, 11) is 0. The van der Waals surface area contributed by atoms with Crippen LogP contribution in [0.25, 0.3) is 0 Å². The lowest BCUT2D eigenvalue weighted by Gasteiger charge is -2.16. The van der Waals surface area contributed by atoms with Gasteiger partial charge in [0.15, 0.2) is 0 Å². The third kappa shape index (κ3) is 3.96. The highest BCUT2D eigenvalue weighted by atomic mass is 32.1. The Hall–Kier alpha value is -2.61. The Morgan fingerprint density at radius 2 is 1.96 bits per heavy atom. The van der Waals surface area contributed by atoms with Gasteiger partial charge in [0.25, 0.3) is 11.8 Å². The van der Waals surface area contributed by atoms with Gasteiger partial charge >= 0.3 is 5.97 Å². The average Bonchev–Trinajstić information content (AvgIpc) is 3.19. The molecule has 0 aromatic carbocycles. The molecule has 3 N–H and O–H groups in total. The number of hydrogen-bond acceptors (Lipinski definition) is 5. The van der Waals surface area contributed by atoms with Crippen molar-refractivity contribution in [3.63, 3.8) is 0 Å². The van der Waals surface area contributed by atoms with E-state index in [0.717, 1.165) is 19.3 Å². The zero-order valence-corrected chi connectivity index (χ0v) is 17.3. The van der Waals surface area contributed by atoms with Crippen LogP contribution >= 0.6 is 11.3 Å². The Kier molecular flexibility index (Phi) is 5.88. The first-order valence-corrected chi connectivity index (χ1v) is 10.2. The summed E-state index contributed by atoms with van der Waals surface area (Å²) in [5.74, 6) is -0.702. The monoisotopic (exact) mass is 403 g/mol. The minimum Gasteiger partial charge on any atom is -0.462 e. The van der Waals surface area contributed by atoms with Crippen LogP contribution in [0.4, 0.5) is 0 Å². The number of hydrazine groups is 1.